The summed E-state index contributed by atoms with van der Waals surface area (Å²) in [5, 5.41) is 9.14. The van der Waals surface area contributed by atoms with Crippen LogP contribution in [-0.4, -0.2) is 16.1 Å². The topological polar surface area (TPSA) is 63.3 Å². The molecule has 124 valence electrons. The molecule has 0 aliphatic heterocycles. The van der Waals surface area contributed by atoms with Gasteiger partial charge < -0.3 is 9.52 Å². The Balaban J connectivity index is 1.97. The van der Waals surface area contributed by atoms with E-state index in [1.54, 1.807) is 25.1 Å². The number of aromatic nitrogens is 1. The molecule has 3 aromatic rings. The van der Waals surface area contributed by atoms with Gasteiger partial charge in [0, 0.05) is 5.56 Å². The van der Waals surface area contributed by atoms with Crippen molar-refractivity contribution in [3.05, 3.63) is 53.6 Å². The molecule has 4 heteroatoms. The number of hydrogen-bond donors (Lipinski definition) is 1. The molecule has 1 atom stereocenters. The number of carboxylic acids is 1. The number of aliphatic carboxylic acids is 1. The first-order chi connectivity index (χ1) is 11.3. The molecular weight excluding hydrogens is 302 g/mol. The molecule has 0 bridgehead atoms. The Hall–Kier alpha value is -2.62. The number of carbonyl (C=O) groups is 1. The Kier molecular flexibility index (Phi) is 3.91. The van der Waals surface area contributed by atoms with E-state index >= 15 is 0 Å². The summed E-state index contributed by atoms with van der Waals surface area (Å²) in [5.74, 6) is -0.873. The third-order valence-electron chi connectivity index (χ3n) is 4.28. The average Bonchev–Trinajstić information content (AvgIpc) is 2.96. The molecule has 0 spiro atoms. The summed E-state index contributed by atoms with van der Waals surface area (Å²) in [4.78, 5) is 15.6. The van der Waals surface area contributed by atoms with Gasteiger partial charge in [-0.1, -0.05) is 39.0 Å². The van der Waals surface area contributed by atoms with Crippen LogP contribution < -0.4 is 0 Å². The van der Waals surface area contributed by atoms with Gasteiger partial charge in [0.15, 0.2) is 5.58 Å². The summed E-state index contributed by atoms with van der Waals surface area (Å²) in [7, 11) is 0. The SMILES string of the molecule is CC(C(=O)O)c1ccc2oc(-c3ccc(C(C)(C)C)cc3)nc2c1. The fourth-order valence-electron chi connectivity index (χ4n) is 2.59. The van der Waals surface area contributed by atoms with Crippen LogP contribution in [0.25, 0.3) is 22.6 Å². The summed E-state index contributed by atoms with van der Waals surface area (Å²) >= 11 is 0. The predicted molar refractivity (Wildman–Crippen MR) is 94.2 cm³/mol. The van der Waals surface area contributed by atoms with E-state index < -0.39 is 11.9 Å². The number of hydrogen-bond acceptors (Lipinski definition) is 3. The van der Waals surface area contributed by atoms with Gasteiger partial charge in [-0.2, -0.15) is 0 Å². The Morgan fingerprint density at radius 2 is 1.79 bits per heavy atom. The molecule has 0 saturated carbocycles. The minimum atomic E-state index is -0.851. The Morgan fingerprint density at radius 3 is 2.38 bits per heavy atom. The van der Waals surface area contributed by atoms with Gasteiger partial charge in [0.05, 0.1) is 5.92 Å². The number of carboxylic acid groups (broad SMARTS) is 1. The summed E-state index contributed by atoms with van der Waals surface area (Å²) in [6, 6.07) is 13.5. The van der Waals surface area contributed by atoms with Crippen molar-refractivity contribution in [3.8, 4) is 11.5 Å². The van der Waals surface area contributed by atoms with E-state index in [-0.39, 0.29) is 5.41 Å². The van der Waals surface area contributed by atoms with Crippen LogP contribution in [0.1, 0.15) is 44.7 Å². The second-order valence-corrected chi connectivity index (χ2v) is 7.13. The van der Waals surface area contributed by atoms with Crippen molar-refractivity contribution in [2.24, 2.45) is 0 Å². The van der Waals surface area contributed by atoms with E-state index in [2.05, 4.69) is 37.9 Å². The molecule has 3 rings (SSSR count). The third kappa shape index (κ3) is 3.04. The minimum absolute atomic E-state index is 0.0989. The van der Waals surface area contributed by atoms with Gasteiger partial charge in [-0.25, -0.2) is 4.98 Å². The number of benzene rings is 2. The monoisotopic (exact) mass is 323 g/mol. The molecule has 1 heterocycles. The van der Waals surface area contributed by atoms with Gasteiger partial charge in [0.2, 0.25) is 5.89 Å². The van der Waals surface area contributed by atoms with Crippen LogP contribution in [-0.2, 0) is 10.2 Å². The molecule has 1 N–H and O–H groups in total. The maximum Gasteiger partial charge on any atom is 0.310 e. The predicted octanol–water partition coefficient (Wildman–Crippen LogP) is 4.98. The van der Waals surface area contributed by atoms with Crippen molar-refractivity contribution in [2.45, 2.75) is 39.0 Å². The number of nitrogens with zero attached hydrogens (tertiary/aromatic N) is 1. The molecule has 0 aliphatic carbocycles. The quantitative estimate of drug-likeness (QED) is 0.738. The highest BCUT2D eigenvalue weighted by molar-refractivity contribution is 5.81. The second-order valence-electron chi connectivity index (χ2n) is 7.13. The summed E-state index contributed by atoms with van der Waals surface area (Å²) in [5.41, 5.74) is 4.31. The molecule has 0 amide bonds. The zero-order valence-electron chi connectivity index (χ0n) is 14.3. The molecule has 0 radical (unpaired) electrons. The lowest BCUT2D eigenvalue weighted by molar-refractivity contribution is -0.138. The molecule has 1 aromatic heterocycles. The van der Waals surface area contributed by atoms with Crippen LogP contribution in [0.2, 0.25) is 0 Å². The second kappa shape index (κ2) is 5.78. The van der Waals surface area contributed by atoms with E-state index in [9.17, 15) is 4.79 Å². The lowest BCUT2D eigenvalue weighted by Crippen LogP contribution is -2.10. The van der Waals surface area contributed by atoms with Crippen LogP contribution in [0.4, 0.5) is 0 Å². The number of rotatable bonds is 3. The third-order valence-corrected chi connectivity index (χ3v) is 4.28. The minimum Gasteiger partial charge on any atom is -0.481 e. The van der Waals surface area contributed by atoms with Crippen molar-refractivity contribution in [2.75, 3.05) is 0 Å². The zero-order chi connectivity index (χ0) is 17.5. The first-order valence-corrected chi connectivity index (χ1v) is 8.00. The van der Waals surface area contributed by atoms with Gasteiger partial charge in [-0.05, 0) is 47.7 Å². The van der Waals surface area contributed by atoms with Crippen LogP contribution >= 0.6 is 0 Å². The smallest absolute Gasteiger partial charge is 0.310 e. The standard InChI is InChI=1S/C20H21NO3/c1-12(19(22)23)14-7-10-17-16(11-14)21-18(24-17)13-5-8-15(9-6-13)20(2,3)4/h5-12H,1-4H3,(H,22,23). The number of fused-ring (bicyclic) bond motifs is 1. The average molecular weight is 323 g/mol. The van der Waals surface area contributed by atoms with E-state index in [1.807, 2.05) is 12.1 Å². The van der Waals surface area contributed by atoms with E-state index in [1.165, 1.54) is 5.56 Å². The summed E-state index contributed by atoms with van der Waals surface area (Å²) < 4.78 is 5.82. The van der Waals surface area contributed by atoms with Crippen molar-refractivity contribution >= 4 is 17.1 Å². The van der Waals surface area contributed by atoms with Crippen molar-refractivity contribution in [1.82, 2.24) is 4.98 Å². The Bertz CT molecular complexity index is 885. The van der Waals surface area contributed by atoms with Gasteiger partial charge >= 0.3 is 5.97 Å². The summed E-state index contributed by atoms with van der Waals surface area (Å²) in [6.07, 6.45) is 0. The van der Waals surface area contributed by atoms with Crippen molar-refractivity contribution in [3.63, 3.8) is 0 Å². The molecule has 24 heavy (non-hydrogen) atoms. The maximum absolute atomic E-state index is 11.1. The lowest BCUT2D eigenvalue weighted by Gasteiger charge is -2.18. The molecular formula is C20H21NO3. The molecule has 1 unspecified atom stereocenters. The largest absolute Gasteiger partial charge is 0.481 e. The Labute approximate surface area is 141 Å². The molecule has 2 aromatic carbocycles. The van der Waals surface area contributed by atoms with Crippen LogP contribution in [0.5, 0.6) is 0 Å². The van der Waals surface area contributed by atoms with Crippen LogP contribution in [0.15, 0.2) is 46.9 Å². The maximum atomic E-state index is 11.1. The molecule has 4 nitrogen and oxygen atoms in total. The normalized spacial score (nSPS) is 13.2. The van der Waals surface area contributed by atoms with Gasteiger partial charge in [0.25, 0.3) is 0 Å². The van der Waals surface area contributed by atoms with E-state index in [4.69, 9.17) is 9.52 Å². The lowest BCUT2D eigenvalue weighted by atomic mass is 9.87. The first kappa shape index (κ1) is 16.2. The highest BCUT2D eigenvalue weighted by Gasteiger charge is 2.17. The molecule has 0 saturated heterocycles. The van der Waals surface area contributed by atoms with Crippen molar-refractivity contribution < 1.29 is 14.3 Å². The van der Waals surface area contributed by atoms with Crippen molar-refractivity contribution in [1.29, 1.82) is 0 Å². The summed E-state index contributed by atoms with van der Waals surface area (Å²) in [6.45, 7) is 8.18. The van der Waals surface area contributed by atoms with Crippen LogP contribution in [0, 0.1) is 0 Å². The highest BCUT2D eigenvalue weighted by Crippen LogP contribution is 2.29. The van der Waals surface area contributed by atoms with Gasteiger partial charge in [0.1, 0.15) is 5.52 Å². The van der Waals surface area contributed by atoms with Gasteiger partial charge in [-0.3, -0.25) is 4.79 Å². The molecule has 0 aliphatic rings. The first-order valence-electron chi connectivity index (χ1n) is 8.00. The molecule has 0 fully saturated rings. The number of oxazole rings is 1. The van der Waals surface area contributed by atoms with E-state index in [0.717, 1.165) is 11.1 Å². The Morgan fingerprint density at radius 1 is 1.12 bits per heavy atom. The zero-order valence-corrected chi connectivity index (χ0v) is 14.3. The van der Waals surface area contributed by atoms with Gasteiger partial charge in [-0.15, -0.1) is 0 Å². The highest BCUT2D eigenvalue weighted by atomic mass is 16.4. The van der Waals surface area contributed by atoms with Crippen LogP contribution in [0.3, 0.4) is 0 Å². The fraction of sp³-hybridized carbons (Fsp3) is 0.300. The van der Waals surface area contributed by atoms with E-state index in [0.29, 0.717) is 17.0 Å². The fourth-order valence-corrected chi connectivity index (χ4v) is 2.59.